The quantitative estimate of drug-likeness (QED) is 0.556. The maximum Gasteiger partial charge on any atom is 0.231 e. The van der Waals surface area contributed by atoms with Gasteiger partial charge in [-0.05, 0) is 63.8 Å². The van der Waals surface area contributed by atoms with E-state index in [1.54, 1.807) is 18.4 Å². The lowest BCUT2D eigenvalue weighted by Gasteiger charge is -2.34. The van der Waals surface area contributed by atoms with E-state index < -0.39 is 5.54 Å². The molecule has 1 aromatic heterocycles. The Morgan fingerprint density at radius 1 is 1.33 bits per heavy atom. The molecule has 0 radical (unpaired) electrons. The van der Waals surface area contributed by atoms with Crippen molar-refractivity contribution < 1.29 is 4.79 Å². The zero-order chi connectivity index (χ0) is 19.3. The van der Waals surface area contributed by atoms with E-state index in [-0.39, 0.29) is 18.3 Å². The summed E-state index contributed by atoms with van der Waals surface area (Å²) < 4.78 is 2.18. The van der Waals surface area contributed by atoms with Gasteiger partial charge in [-0.1, -0.05) is 23.7 Å². The maximum atomic E-state index is 12.4. The zero-order valence-corrected chi connectivity index (χ0v) is 18.0. The van der Waals surface area contributed by atoms with Gasteiger partial charge in [0.2, 0.25) is 5.91 Å². The molecule has 0 unspecified atom stereocenters. The monoisotopic (exact) mass is 461 g/mol. The summed E-state index contributed by atoms with van der Waals surface area (Å²) in [7, 11) is 1.65. The second-order valence-corrected chi connectivity index (χ2v) is 9.04. The van der Waals surface area contributed by atoms with Crippen LogP contribution in [0.25, 0.3) is 21.2 Å². The number of aliphatic imine (C=N–C) groups is 1. The summed E-state index contributed by atoms with van der Waals surface area (Å²) in [4.78, 5) is 18.5. The number of rotatable bonds is 2. The molecule has 2 N–H and O–H groups in total. The van der Waals surface area contributed by atoms with Crippen molar-refractivity contribution in [1.82, 2.24) is 4.90 Å². The van der Waals surface area contributed by atoms with Crippen molar-refractivity contribution in [3.63, 3.8) is 0 Å². The molecule has 0 aliphatic carbocycles. The molecule has 1 atom stereocenters. The molecule has 0 saturated carbocycles. The molecule has 7 heteroatoms. The number of amides is 1. The number of nitrogens with two attached hydrogens (primary N) is 1. The first-order valence-electron chi connectivity index (χ1n) is 8.37. The second-order valence-electron chi connectivity index (χ2n) is 6.87. The highest BCUT2D eigenvalue weighted by Crippen LogP contribution is 2.43. The first-order valence-corrected chi connectivity index (χ1v) is 10.4. The van der Waals surface area contributed by atoms with Crippen molar-refractivity contribution in [2.24, 2.45) is 10.7 Å². The highest BCUT2D eigenvalue weighted by Gasteiger charge is 2.36. The Kier molecular flexibility index (Phi) is 4.53. The molecule has 3 aromatic rings. The van der Waals surface area contributed by atoms with Gasteiger partial charge in [0.25, 0.3) is 0 Å². The number of fused-ring (bicyclic) bond motifs is 1. The third-order valence-corrected chi connectivity index (χ3v) is 7.18. The van der Waals surface area contributed by atoms with E-state index >= 15 is 0 Å². The summed E-state index contributed by atoms with van der Waals surface area (Å²) in [6.45, 7) is 1.95. The van der Waals surface area contributed by atoms with Gasteiger partial charge in [0.15, 0.2) is 5.96 Å². The van der Waals surface area contributed by atoms with Crippen LogP contribution in [0.3, 0.4) is 0 Å². The summed E-state index contributed by atoms with van der Waals surface area (Å²) >= 11 is 11.5. The van der Waals surface area contributed by atoms with Crippen LogP contribution in [-0.2, 0) is 10.3 Å². The van der Waals surface area contributed by atoms with E-state index in [0.717, 1.165) is 31.2 Å². The van der Waals surface area contributed by atoms with Crippen LogP contribution in [0, 0.1) is 0 Å². The molecule has 4 rings (SSSR count). The fourth-order valence-electron chi connectivity index (χ4n) is 3.36. The molecule has 2 aromatic carbocycles. The number of halogens is 2. The third-order valence-electron chi connectivity index (χ3n) is 4.96. The SMILES string of the molecule is CN1C(=O)C[C@@](C)(c2cc(-c3cccc(Cl)c3)c3scc(Br)c3c2)N=C1N. The van der Waals surface area contributed by atoms with Gasteiger partial charge in [-0.2, -0.15) is 0 Å². The fraction of sp³-hybridized carbons (Fsp3) is 0.200. The zero-order valence-electron chi connectivity index (χ0n) is 14.8. The normalized spacial score (nSPS) is 20.2. The molecule has 138 valence electrons. The largest absolute Gasteiger partial charge is 0.369 e. The molecule has 2 heterocycles. The van der Waals surface area contributed by atoms with Crippen LogP contribution in [-0.4, -0.2) is 23.8 Å². The Morgan fingerprint density at radius 3 is 2.81 bits per heavy atom. The van der Waals surface area contributed by atoms with Gasteiger partial charge in [0.1, 0.15) is 0 Å². The fourth-order valence-corrected chi connectivity index (χ4v) is 5.23. The Morgan fingerprint density at radius 2 is 2.11 bits per heavy atom. The Balaban J connectivity index is 1.98. The van der Waals surface area contributed by atoms with E-state index in [1.165, 1.54) is 4.90 Å². The Labute approximate surface area is 174 Å². The van der Waals surface area contributed by atoms with Gasteiger partial charge in [-0.3, -0.25) is 9.69 Å². The number of benzene rings is 2. The van der Waals surface area contributed by atoms with Gasteiger partial charge < -0.3 is 5.73 Å². The van der Waals surface area contributed by atoms with E-state index in [4.69, 9.17) is 17.3 Å². The maximum absolute atomic E-state index is 12.4. The number of carbonyl (C=O) groups excluding carboxylic acids is 1. The number of carbonyl (C=O) groups is 1. The molecule has 0 fully saturated rings. The lowest BCUT2D eigenvalue weighted by molar-refractivity contribution is -0.128. The Hall–Kier alpha value is -1.89. The van der Waals surface area contributed by atoms with E-state index in [0.29, 0.717) is 5.02 Å². The van der Waals surface area contributed by atoms with Crippen LogP contribution in [0.4, 0.5) is 0 Å². The minimum atomic E-state index is -0.712. The molecular weight excluding hydrogens is 446 g/mol. The molecule has 0 saturated heterocycles. The minimum Gasteiger partial charge on any atom is -0.369 e. The molecule has 27 heavy (non-hydrogen) atoms. The molecule has 4 nitrogen and oxygen atoms in total. The van der Waals surface area contributed by atoms with Crippen molar-refractivity contribution in [3.05, 3.63) is 56.8 Å². The summed E-state index contributed by atoms with van der Waals surface area (Å²) in [5.74, 6) is 0.196. The second kappa shape index (κ2) is 6.62. The highest BCUT2D eigenvalue weighted by molar-refractivity contribution is 9.10. The topological polar surface area (TPSA) is 58.7 Å². The van der Waals surface area contributed by atoms with Gasteiger partial charge in [-0.25, -0.2) is 4.99 Å². The number of hydrogen-bond donors (Lipinski definition) is 1. The van der Waals surface area contributed by atoms with Crippen molar-refractivity contribution >= 4 is 60.8 Å². The molecule has 1 aliphatic rings. The van der Waals surface area contributed by atoms with Crippen molar-refractivity contribution in [1.29, 1.82) is 0 Å². The lowest BCUT2D eigenvalue weighted by atomic mass is 9.85. The van der Waals surface area contributed by atoms with E-state index in [9.17, 15) is 4.79 Å². The summed E-state index contributed by atoms with van der Waals surface area (Å²) in [5.41, 5.74) is 8.35. The van der Waals surface area contributed by atoms with Gasteiger partial charge in [0.05, 0.1) is 12.0 Å². The van der Waals surface area contributed by atoms with E-state index in [2.05, 4.69) is 38.4 Å². The average Bonchev–Trinajstić information content (AvgIpc) is 3.00. The van der Waals surface area contributed by atoms with Gasteiger partial charge in [0, 0.05) is 32.0 Å². The van der Waals surface area contributed by atoms with Crippen molar-refractivity contribution in [2.75, 3.05) is 7.05 Å². The number of guanidine groups is 1. The van der Waals surface area contributed by atoms with Crippen molar-refractivity contribution in [3.8, 4) is 11.1 Å². The molecule has 0 spiro atoms. The standard InChI is InChI=1S/C20H17BrClN3OS/c1-20(9-17(26)25(2)19(23)24-20)12-7-14(11-4-3-5-13(22)6-11)18-15(8-12)16(21)10-27-18/h3-8,10H,9H2,1-2H3,(H2,23,24)/t20-/m0/s1. The summed E-state index contributed by atoms with van der Waals surface area (Å²) in [6, 6.07) is 12.0. The van der Waals surface area contributed by atoms with Crippen LogP contribution < -0.4 is 5.73 Å². The summed E-state index contributed by atoms with van der Waals surface area (Å²) in [6.07, 6.45) is 0.270. The van der Waals surface area contributed by atoms with Crippen molar-refractivity contribution in [2.45, 2.75) is 18.9 Å². The van der Waals surface area contributed by atoms with Crippen LogP contribution in [0.2, 0.25) is 5.02 Å². The summed E-state index contributed by atoms with van der Waals surface area (Å²) in [5, 5.41) is 3.85. The number of nitrogens with zero attached hydrogens (tertiary/aromatic N) is 2. The van der Waals surface area contributed by atoms with E-state index in [1.807, 2.05) is 31.2 Å². The van der Waals surface area contributed by atoms with Crippen LogP contribution in [0.5, 0.6) is 0 Å². The Bertz CT molecular complexity index is 1110. The third kappa shape index (κ3) is 3.16. The number of thiophene rings is 1. The van der Waals surface area contributed by atoms with Gasteiger partial charge in [-0.15, -0.1) is 11.3 Å². The van der Waals surface area contributed by atoms with Crippen LogP contribution >= 0.6 is 38.9 Å². The predicted molar refractivity (Wildman–Crippen MR) is 116 cm³/mol. The van der Waals surface area contributed by atoms with Gasteiger partial charge >= 0.3 is 0 Å². The molecule has 1 amide bonds. The molecule has 1 aliphatic heterocycles. The molecule has 0 bridgehead atoms. The smallest absolute Gasteiger partial charge is 0.231 e. The minimum absolute atomic E-state index is 0.0428. The first-order chi connectivity index (χ1) is 12.8. The molecular formula is C20H17BrClN3OS. The lowest BCUT2D eigenvalue weighted by Crippen LogP contribution is -2.47. The first kappa shape index (κ1) is 18.5. The number of hydrogen-bond acceptors (Lipinski definition) is 4. The average molecular weight is 463 g/mol. The van der Waals surface area contributed by atoms with Crippen LogP contribution in [0.15, 0.2) is 51.2 Å². The van der Waals surface area contributed by atoms with Crippen LogP contribution in [0.1, 0.15) is 18.9 Å². The predicted octanol–water partition coefficient (Wildman–Crippen LogP) is 5.38. The highest BCUT2D eigenvalue weighted by atomic mass is 79.9.